The first-order valence-corrected chi connectivity index (χ1v) is 16.0. The van der Waals surface area contributed by atoms with Crippen LogP contribution >= 0.6 is 0 Å². The zero-order valence-electron chi connectivity index (χ0n) is 25.7. The second-order valence-electron chi connectivity index (χ2n) is 12.1. The third-order valence-electron chi connectivity index (χ3n) is 9.27. The molecule has 10 aromatic rings. The fraction of sp³-hybridized carbons (Fsp3) is 0. The topological polar surface area (TPSA) is 56.7 Å². The van der Waals surface area contributed by atoms with Crippen molar-refractivity contribution in [3.8, 4) is 39.9 Å². The number of rotatable bonds is 4. The molecule has 224 valence electrons. The van der Waals surface area contributed by atoms with Gasteiger partial charge in [-0.05, 0) is 46.8 Å². The number of benzene rings is 7. The van der Waals surface area contributed by atoms with Crippen LogP contribution in [0.4, 0.5) is 0 Å². The van der Waals surface area contributed by atoms with E-state index in [0.717, 1.165) is 71.2 Å². The van der Waals surface area contributed by atoms with Crippen LogP contribution in [-0.2, 0) is 0 Å². The summed E-state index contributed by atoms with van der Waals surface area (Å²) in [6.45, 7) is 0. The highest BCUT2D eigenvalue weighted by Gasteiger charge is 2.18. The van der Waals surface area contributed by atoms with Gasteiger partial charge in [-0.15, -0.1) is 0 Å². The lowest BCUT2D eigenvalue weighted by molar-refractivity contribution is 0.672. The summed E-state index contributed by atoms with van der Waals surface area (Å²) in [7, 11) is 0. The Morgan fingerprint density at radius 1 is 0.396 bits per heavy atom. The van der Waals surface area contributed by atoms with E-state index in [1.54, 1.807) is 0 Å². The zero-order valence-corrected chi connectivity index (χ0v) is 25.7. The number of nitrogens with zero attached hydrogens (tertiary/aromatic N) is 4. The summed E-state index contributed by atoms with van der Waals surface area (Å²) >= 11 is 0. The lowest BCUT2D eigenvalue weighted by Gasteiger charge is -2.12. The standard InChI is InChI=1S/C43H26N4O/c1-2-10-27(11-3-1)28-18-21-30(22-19-28)41-44-42(46-43(45-41)47-37-15-7-4-12-32(37)33-13-5-8-16-38(33)47)31-23-20-29-24-25-35-34-14-6-9-17-39(34)48-40(35)36(29)26-31/h1-26H. The van der Waals surface area contributed by atoms with Crippen LogP contribution in [0.5, 0.6) is 0 Å². The van der Waals surface area contributed by atoms with E-state index in [4.69, 9.17) is 19.4 Å². The quantitative estimate of drug-likeness (QED) is 0.198. The van der Waals surface area contributed by atoms with Gasteiger partial charge in [0, 0.05) is 38.1 Å². The third-order valence-corrected chi connectivity index (χ3v) is 9.27. The molecule has 0 N–H and O–H groups in total. The Hall–Kier alpha value is -6.59. The number of fused-ring (bicyclic) bond motifs is 8. The van der Waals surface area contributed by atoms with E-state index in [2.05, 4.69) is 138 Å². The molecule has 3 aromatic heterocycles. The molecular formula is C43H26N4O. The van der Waals surface area contributed by atoms with Crippen LogP contribution in [0.1, 0.15) is 0 Å². The fourth-order valence-electron chi connectivity index (χ4n) is 6.94. The van der Waals surface area contributed by atoms with Gasteiger partial charge >= 0.3 is 0 Å². The van der Waals surface area contributed by atoms with Crippen molar-refractivity contribution in [2.75, 3.05) is 0 Å². The monoisotopic (exact) mass is 614 g/mol. The van der Waals surface area contributed by atoms with Gasteiger partial charge in [0.15, 0.2) is 11.6 Å². The SMILES string of the molecule is c1ccc(-c2ccc(-c3nc(-c4ccc5ccc6c7ccccc7oc6c5c4)nc(-n4c5ccccc5c5ccccc54)n3)cc2)cc1. The van der Waals surface area contributed by atoms with Crippen LogP contribution < -0.4 is 0 Å². The molecule has 0 aliphatic heterocycles. The molecule has 0 aliphatic rings. The Bertz CT molecular complexity index is 2780. The van der Waals surface area contributed by atoms with Gasteiger partial charge in [-0.3, -0.25) is 4.57 Å². The van der Waals surface area contributed by atoms with Gasteiger partial charge in [-0.25, -0.2) is 4.98 Å². The van der Waals surface area contributed by atoms with Crippen molar-refractivity contribution < 1.29 is 4.42 Å². The molecule has 0 unspecified atom stereocenters. The molecule has 0 aliphatic carbocycles. The summed E-state index contributed by atoms with van der Waals surface area (Å²) in [5.74, 6) is 1.78. The smallest absolute Gasteiger partial charge is 0.238 e. The summed E-state index contributed by atoms with van der Waals surface area (Å²) in [6, 6.07) is 54.5. The normalized spacial score (nSPS) is 11.8. The maximum Gasteiger partial charge on any atom is 0.238 e. The predicted octanol–water partition coefficient (Wildman–Crippen LogP) is 11.0. The first-order valence-electron chi connectivity index (χ1n) is 16.0. The Morgan fingerprint density at radius 3 is 1.71 bits per heavy atom. The second kappa shape index (κ2) is 10.5. The van der Waals surface area contributed by atoms with Crippen LogP contribution in [0.15, 0.2) is 162 Å². The van der Waals surface area contributed by atoms with Gasteiger partial charge in [0.1, 0.15) is 11.2 Å². The first-order chi connectivity index (χ1) is 23.8. The number of hydrogen-bond donors (Lipinski definition) is 0. The van der Waals surface area contributed by atoms with E-state index in [9.17, 15) is 0 Å². The molecule has 0 spiro atoms. The predicted molar refractivity (Wildman–Crippen MR) is 195 cm³/mol. The third kappa shape index (κ3) is 4.15. The molecule has 0 saturated carbocycles. The molecule has 7 aromatic carbocycles. The molecule has 0 bridgehead atoms. The minimum Gasteiger partial charge on any atom is -0.455 e. The molecular weight excluding hydrogens is 589 g/mol. The Morgan fingerprint density at radius 2 is 0.958 bits per heavy atom. The van der Waals surface area contributed by atoms with E-state index < -0.39 is 0 Å². The first kappa shape index (κ1) is 26.6. The molecule has 5 heteroatoms. The van der Waals surface area contributed by atoms with Gasteiger partial charge in [-0.2, -0.15) is 9.97 Å². The van der Waals surface area contributed by atoms with Crippen LogP contribution in [0, 0.1) is 0 Å². The Balaban J connectivity index is 1.21. The van der Waals surface area contributed by atoms with E-state index >= 15 is 0 Å². The summed E-state index contributed by atoms with van der Waals surface area (Å²) in [4.78, 5) is 15.4. The van der Waals surface area contributed by atoms with Gasteiger partial charge in [-0.1, -0.05) is 127 Å². The minimum absolute atomic E-state index is 0.571. The highest BCUT2D eigenvalue weighted by molar-refractivity contribution is 6.15. The Kier molecular flexibility index (Phi) is 5.81. The summed E-state index contributed by atoms with van der Waals surface area (Å²) < 4.78 is 8.57. The fourth-order valence-corrected chi connectivity index (χ4v) is 6.94. The van der Waals surface area contributed by atoms with Crippen molar-refractivity contribution in [1.82, 2.24) is 19.5 Å². The van der Waals surface area contributed by atoms with E-state index in [1.165, 1.54) is 5.56 Å². The van der Waals surface area contributed by atoms with Gasteiger partial charge in [0.2, 0.25) is 5.95 Å². The van der Waals surface area contributed by atoms with Gasteiger partial charge < -0.3 is 4.42 Å². The highest BCUT2D eigenvalue weighted by Crippen LogP contribution is 2.37. The molecule has 0 saturated heterocycles. The number of hydrogen-bond acceptors (Lipinski definition) is 4. The van der Waals surface area contributed by atoms with Crippen molar-refractivity contribution in [2.24, 2.45) is 0 Å². The molecule has 10 rings (SSSR count). The average Bonchev–Trinajstić information content (AvgIpc) is 3.71. The maximum atomic E-state index is 6.42. The minimum atomic E-state index is 0.571. The molecule has 0 radical (unpaired) electrons. The van der Waals surface area contributed by atoms with E-state index in [0.29, 0.717) is 17.6 Å². The van der Waals surface area contributed by atoms with Crippen LogP contribution in [-0.4, -0.2) is 19.5 Å². The summed E-state index contributed by atoms with van der Waals surface area (Å²) in [5, 5.41) is 6.63. The van der Waals surface area contributed by atoms with Crippen molar-refractivity contribution in [1.29, 1.82) is 0 Å². The van der Waals surface area contributed by atoms with Crippen molar-refractivity contribution >= 4 is 54.5 Å². The van der Waals surface area contributed by atoms with Crippen LogP contribution in [0.3, 0.4) is 0 Å². The van der Waals surface area contributed by atoms with Crippen LogP contribution in [0.2, 0.25) is 0 Å². The zero-order chi connectivity index (χ0) is 31.6. The largest absolute Gasteiger partial charge is 0.455 e. The molecule has 3 heterocycles. The van der Waals surface area contributed by atoms with Crippen molar-refractivity contribution in [2.45, 2.75) is 0 Å². The van der Waals surface area contributed by atoms with Crippen molar-refractivity contribution in [3.05, 3.63) is 158 Å². The van der Waals surface area contributed by atoms with Gasteiger partial charge in [0.05, 0.1) is 11.0 Å². The highest BCUT2D eigenvalue weighted by atomic mass is 16.3. The van der Waals surface area contributed by atoms with E-state index in [1.807, 2.05) is 24.3 Å². The number of furan rings is 1. The maximum absolute atomic E-state index is 6.42. The molecule has 48 heavy (non-hydrogen) atoms. The number of aromatic nitrogens is 4. The number of para-hydroxylation sites is 3. The average molecular weight is 615 g/mol. The summed E-state index contributed by atoms with van der Waals surface area (Å²) in [5.41, 5.74) is 7.94. The molecule has 0 atom stereocenters. The summed E-state index contributed by atoms with van der Waals surface area (Å²) in [6.07, 6.45) is 0. The van der Waals surface area contributed by atoms with Gasteiger partial charge in [0.25, 0.3) is 0 Å². The molecule has 5 nitrogen and oxygen atoms in total. The lowest BCUT2D eigenvalue weighted by Crippen LogP contribution is -2.06. The van der Waals surface area contributed by atoms with Crippen molar-refractivity contribution in [3.63, 3.8) is 0 Å². The van der Waals surface area contributed by atoms with E-state index in [-0.39, 0.29) is 0 Å². The van der Waals surface area contributed by atoms with Crippen LogP contribution in [0.25, 0.3) is 94.4 Å². The molecule has 0 amide bonds. The Labute approximate surface area is 275 Å². The lowest BCUT2D eigenvalue weighted by atomic mass is 10.0. The second-order valence-corrected chi connectivity index (χ2v) is 12.1. The molecule has 0 fully saturated rings.